The average Bonchev–Trinajstić information content (AvgIpc) is 3.64. The second kappa shape index (κ2) is 12.1. The molecule has 7 nitrogen and oxygen atoms in total. The summed E-state index contributed by atoms with van der Waals surface area (Å²) >= 11 is 0.738. The van der Waals surface area contributed by atoms with Crippen LogP contribution in [-0.4, -0.2) is 30.7 Å². The third-order valence-electron chi connectivity index (χ3n) is 5.80. The van der Waals surface area contributed by atoms with Crippen molar-refractivity contribution < 1.29 is 54.5 Å². The fraction of sp³-hybridized carbons (Fsp3) is 0.385. The zero-order valence-corrected chi connectivity index (χ0v) is 23.5. The fourth-order valence-corrected chi connectivity index (χ4v) is 6.64. The van der Waals surface area contributed by atoms with Gasteiger partial charge in [0, 0.05) is 4.70 Å². The highest BCUT2D eigenvalue weighted by Gasteiger charge is 2.43. The van der Waals surface area contributed by atoms with E-state index in [0.29, 0.717) is 17.5 Å². The van der Waals surface area contributed by atoms with Crippen LogP contribution in [0.3, 0.4) is 0 Å². The Bertz CT molecular complexity index is 1520. The molecule has 0 saturated heterocycles. The first kappa shape index (κ1) is 31.0. The number of ether oxygens (including phenoxy) is 2. The van der Waals surface area contributed by atoms with Gasteiger partial charge in [-0.05, 0) is 54.8 Å². The number of halogens is 6. The van der Waals surface area contributed by atoms with Crippen molar-refractivity contribution in [3.8, 4) is 5.75 Å². The van der Waals surface area contributed by atoms with Gasteiger partial charge in [-0.15, -0.1) is 11.3 Å². The largest absolute Gasteiger partial charge is 0.464 e. The topological polar surface area (TPSA) is 90.9 Å². The van der Waals surface area contributed by atoms with Crippen LogP contribution < -0.4 is 9.82 Å². The highest BCUT2D eigenvalue weighted by Crippen LogP contribution is 2.61. The minimum absolute atomic E-state index is 0.0465. The Morgan fingerprint density at radius 2 is 1.61 bits per heavy atom. The van der Waals surface area contributed by atoms with Gasteiger partial charge in [0.1, 0.15) is 10.9 Å². The lowest BCUT2D eigenvalue weighted by molar-refractivity contribution is -0.146. The molecule has 0 aliphatic heterocycles. The lowest BCUT2D eigenvalue weighted by Crippen LogP contribution is -2.35. The van der Waals surface area contributed by atoms with Crippen LogP contribution in [0.15, 0.2) is 24.3 Å². The highest BCUT2D eigenvalue weighted by atomic mass is 32.1. The van der Waals surface area contributed by atoms with Crippen LogP contribution in [0.1, 0.15) is 54.8 Å². The molecule has 1 saturated carbocycles. The second-order valence-corrected chi connectivity index (χ2v) is 13.0. The number of alkyl halides is 1. The van der Waals surface area contributed by atoms with Crippen molar-refractivity contribution in [1.29, 1.82) is 0 Å². The Morgan fingerprint density at radius 1 is 1.00 bits per heavy atom. The van der Waals surface area contributed by atoms with Gasteiger partial charge >= 0.3 is 19.5 Å². The third kappa shape index (κ3) is 6.77. The molecular formula is C26H24F6NO6PS. The number of thiophene rings is 1. The summed E-state index contributed by atoms with van der Waals surface area (Å²) in [5.41, 5.74) is -0.130. The molecule has 1 aliphatic rings. The van der Waals surface area contributed by atoms with Crippen molar-refractivity contribution in [3.05, 3.63) is 63.8 Å². The van der Waals surface area contributed by atoms with Crippen LogP contribution in [-0.2, 0) is 18.6 Å². The van der Waals surface area contributed by atoms with Gasteiger partial charge in [-0.2, -0.15) is 8.78 Å². The number of fused-ring (bicyclic) bond motifs is 1. The van der Waals surface area contributed by atoms with E-state index in [9.17, 15) is 36.1 Å². The van der Waals surface area contributed by atoms with Gasteiger partial charge in [0.05, 0.1) is 12.7 Å². The summed E-state index contributed by atoms with van der Waals surface area (Å²) in [6.45, 7) is 5.13. The average molecular weight is 624 g/mol. The first-order chi connectivity index (χ1) is 19.2. The molecule has 3 aromatic rings. The normalized spacial score (nSPS) is 16.4. The van der Waals surface area contributed by atoms with Gasteiger partial charge in [-0.1, -0.05) is 19.9 Å². The first-order valence-electron chi connectivity index (χ1n) is 12.4. The molecule has 1 N–H and O–H groups in total. The SMILES string of the molecule is CC(C)COC(=O)[C@H](C)NP(=O)(OC1CC1)[C@H](F)c1ccc2sc(C(=O)Oc3c(F)c(F)c(F)c(F)c3F)cc2c1. The molecule has 4 rings (SSSR count). The van der Waals surface area contributed by atoms with Gasteiger partial charge in [-0.3, -0.25) is 9.36 Å². The summed E-state index contributed by atoms with van der Waals surface area (Å²) in [7, 11) is -4.33. The zero-order chi connectivity index (χ0) is 30.2. The maximum absolute atomic E-state index is 15.8. The zero-order valence-electron chi connectivity index (χ0n) is 21.8. The lowest BCUT2D eigenvalue weighted by Gasteiger charge is -2.26. The smallest absolute Gasteiger partial charge is 0.353 e. The molecule has 0 bridgehead atoms. The van der Waals surface area contributed by atoms with E-state index in [2.05, 4.69) is 9.82 Å². The predicted octanol–water partition coefficient (Wildman–Crippen LogP) is 7.33. The maximum atomic E-state index is 15.8. The Hall–Kier alpha value is -2.93. The van der Waals surface area contributed by atoms with Crippen LogP contribution in [0.2, 0.25) is 0 Å². The van der Waals surface area contributed by atoms with E-state index < -0.39 is 72.4 Å². The molecule has 0 radical (unpaired) electrons. The maximum Gasteiger partial charge on any atom is 0.353 e. The van der Waals surface area contributed by atoms with Gasteiger partial charge in [-0.25, -0.2) is 27.4 Å². The van der Waals surface area contributed by atoms with E-state index >= 15 is 4.39 Å². The van der Waals surface area contributed by atoms with Gasteiger partial charge in [0.15, 0.2) is 0 Å². The van der Waals surface area contributed by atoms with E-state index in [1.807, 2.05) is 13.8 Å². The highest BCUT2D eigenvalue weighted by molar-refractivity contribution is 7.57. The fourth-order valence-electron chi connectivity index (χ4n) is 3.56. The number of hydrogen-bond donors (Lipinski definition) is 1. The van der Waals surface area contributed by atoms with Crippen molar-refractivity contribution >= 4 is 40.9 Å². The lowest BCUT2D eigenvalue weighted by atomic mass is 10.2. The molecule has 1 aromatic heterocycles. The molecule has 1 aliphatic carbocycles. The molecule has 15 heteroatoms. The third-order valence-corrected chi connectivity index (χ3v) is 9.15. The van der Waals surface area contributed by atoms with E-state index in [4.69, 9.17) is 9.26 Å². The van der Waals surface area contributed by atoms with Gasteiger partial charge in [0.25, 0.3) is 0 Å². The molecule has 41 heavy (non-hydrogen) atoms. The molecule has 222 valence electrons. The quantitative estimate of drug-likeness (QED) is 0.0597. The van der Waals surface area contributed by atoms with E-state index in [1.54, 1.807) is 0 Å². The van der Waals surface area contributed by atoms with E-state index in [1.165, 1.54) is 25.1 Å². The van der Waals surface area contributed by atoms with Crippen LogP contribution in [0.5, 0.6) is 5.75 Å². The van der Waals surface area contributed by atoms with Crippen LogP contribution in [0, 0.1) is 35.0 Å². The number of esters is 2. The van der Waals surface area contributed by atoms with E-state index in [-0.39, 0.29) is 28.4 Å². The van der Waals surface area contributed by atoms with Gasteiger partial charge < -0.3 is 14.0 Å². The summed E-state index contributed by atoms with van der Waals surface area (Å²) in [4.78, 5) is 24.5. The molecule has 3 atom stereocenters. The Kier molecular flexibility index (Phi) is 9.17. The Morgan fingerprint density at radius 3 is 2.20 bits per heavy atom. The number of carbonyl (C=O) groups excluding carboxylic acids is 2. The molecule has 2 aromatic carbocycles. The molecule has 0 spiro atoms. The summed E-state index contributed by atoms with van der Waals surface area (Å²) in [6.07, 6.45) is 0.657. The summed E-state index contributed by atoms with van der Waals surface area (Å²) in [5, 5.41) is 2.69. The number of hydrogen-bond acceptors (Lipinski definition) is 7. The molecule has 0 amide bonds. The van der Waals surface area contributed by atoms with Crippen LogP contribution >= 0.6 is 18.9 Å². The molecule has 1 heterocycles. The monoisotopic (exact) mass is 623 g/mol. The van der Waals surface area contributed by atoms with Gasteiger partial charge in [0.2, 0.25) is 40.7 Å². The summed E-state index contributed by atoms with van der Waals surface area (Å²) < 4.78 is 113. The number of nitrogens with one attached hydrogen (secondary N) is 1. The summed E-state index contributed by atoms with van der Waals surface area (Å²) in [6, 6.07) is 3.88. The van der Waals surface area contributed by atoms with E-state index in [0.717, 1.165) is 17.4 Å². The van der Waals surface area contributed by atoms with Crippen molar-refractivity contribution in [2.45, 2.75) is 51.7 Å². The van der Waals surface area contributed by atoms with Crippen molar-refractivity contribution in [1.82, 2.24) is 5.09 Å². The molecule has 1 fully saturated rings. The minimum Gasteiger partial charge on any atom is -0.464 e. The summed E-state index contributed by atoms with van der Waals surface area (Å²) in [5.74, 6) is -17.7. The van der Waals surface area contributed by atoms with Crippen molar-refractivity contribution in [2.24, 2.45) is 5.92 Å². The standard InChI is InChI=1S/C26H24F6NO6PS/c1-11(2)10-37-25(34)12(3)33-40(36,39-15-5-6-15)24(32)13-4-7-16-14(8-13)9-17(41-16)26(35)38-23-21(30)19(28)18(27)20(29)22(23)31/h4,7-9,11-12,15,24H,5-6,10H2,1-3H3,(H,33,36)/t12-,24-,40?/m0/s1. The number of benzene rings is 2. The molecular weight excluding hydrogens is 599 g/mol. The second-order valence-electron chi connectivity index (χ2n) is 9.81. The first-order valence-corrected chi connectivity index (χ1v) is 14.9. The van der Waals surface area contributed by atoms with Crippen molar-refractivity contribution in [3.63, 3.8) is 0 Å². The van der Waals surface area contributed by atoms with Crippen molar-refractivity contribution in [2.75, 3.05) is 6.61 Å². The predicted molar refractivity (Wildman–Crippen MR) is 137 cm³/mol. The van der Waals surface area contributed by atoms with Crippen LogP contribution in [0.25, 0.3) is 10.1 Å². The minimum atomic E-state index is -4.33. The number of carbonyl (C=O) groups is 2. The molecule has 1 unspecified atom stereocenters. The Balaban J connectivity index is 1.57. The van der Waals surface area contributed by atoms with Crippen LogP contribution in [0.4, 0.5) is 26.3 Å². The Labute approximate surface area is 234 Å². The number of rotatable bonds is 11.